The van der Waals surface area contributed by atoms with Gasteiger partial charge in [-0.3, -0.25) is 9.59 Å². The number of carboxylic acids is 1. The average molecular weight is 267 g/mol. The predicted octanol–water partition coefficient (Wildman–Crippen LogP) is 2.67. The number of hydrogen-bond donors (Lipinski definition) is 1. The Labute approximate surface area is 115 Å². The molecule has 1 N–H and O–H groups in total. The first-order valence-corrected chi connectivity index (χ1v) is 7.58. The number of amides is 1. The highest BCUT2D eigenvalue weighted by Gasteiger charge is 2.43. The van der Waals surface area contributed by atoms with Crippen LogP contribution in [-0.2, 0) is 9.59 Å². The van der Waals surface area contributed by atoms with Crippen LogP contribution in [0.15, 0.2) is 0 Å². The molecule has 0 saturated heterocycles. The summed E-state index contributed by atoms with van der Waals surface area (Å²) in [5.74, 6) is -0.0926. The standard InChI is InChI=1S/C15H25NO3/c1-2-16(11-12-6-5-7-12)13(17)10-15(14(18)19)8-3-4-9-15/h12H,2-11H2,1H3,(H,18,19). The summed E-state index contributed by atoms with van der Waals surface area (Å²) in [6.07, 6.45) is 7.10. The number of rotatable bonds is 6. The van der Waals surface area contributed by atoms with E-state index in [1.807, 2.05) is 11.8 Å². The minimum absolute atomic E-state index is 0.0405. The van der Waals surface area contributed by atoms with Crippen molar-refractivity contribution in [1.82, 2.24) is 4.90 Å². The zero-order chi connectivity index (χ0) is 13.9. The summed E-state index contributed by atoms with van der Waals surface area (Å²) >= 11 is 0. The van der Waals surface area contributed by atoms with Crippen molar-refractivity contribution in [3.63, 3.8) is 0 Å². The number of nitrogens with zero attached hydrogens (tertiary/aromatic N) is 1. The topological polar surface area (TPSA) is 57.6 Å². The first-order chi connectivity index (χ1) is 9.07. The molecule has 4 nitrogen and oxygen atoms in total. The van der Waals surface area contributed by atoms with Crippen molar-refractivity contribution in [1.29, 1.82) is 0 Å². The van der Waals surface area contributed by atoms with Gasteiger partial charge in [-0.25, -0.2) is 0 Å². The minimum atomic E-state index is -0.780. The first kappa shape index (κ1) is 14.4. The van der Waals surface area contributed by atoms with E-state index in [0.717, 1.165) is 19.4 Å². The van der Waals surface area contributed by atoms with Crippen molar-refractivity contribution in [3.05, 3.63) is 0 Å². The van der Waals surface area contributed by atoms with Crippen LogP contribution in [0.2, 0.25) is 0 Å². The molecule has 2 fully saturated rings. The van der Waals surface area contributed by atoms with Gasteiger partial charge in [-0.15, -0.1) is 0 Å². The monoisotopic (exact) mass is 267 g/mol. The van der Waals surface area contributed by atoms with Gasteiger partial charge in [0.25, 0.3) is 0 Å². The molecule has 2 aliphatic rings. The SMILES string of the molecule is CCN(CC1CCC1)C(=O)CC1(C(=O)O)CCCC1. The highest BCUT2D eigenvalue weighted by atomic mass is 16.4. The molecule has 0 atom stereocenters. The smallest absolute Gasteiger partial charge is 0.310 e. The van der Waals surface area contributed by atoms with Crippen LogP contribution in [0, 0.1) is 11.3 Å². The Hall–Kier alpha value is -1.06. The van der Waals surface area contributed by atoms with Gasteiger partial charge in [0, 0.05) is 19.5 Å². The molecule has 0 aromatic carbocycles. The number of aliphatic carboxylic acids is 1. The largest absolute Gasteiger partial charge is 0.481 e. The van der Waals surface area contributed by atoms with E-state index in [0.29, 0.717) is 25.3 Å². The fourth-order valence-corrected chi connectivity index (χ4v) is 3.31. The van der Waals surface area contributed by atoms with Crippen molar-refractivity contribution in [2.24, 2.45) is 11.3 Å². The second-order valence-corrected chi connectivity index (χ2v) is 6.20. The van der Waals surface area contributed by atoms with Crippen molar-refractivity contribution in [2.45, 2.75) is 58.3 Å². The molecule has 0 aliphatic heterocycles. The van der Waals surface area contributed by atoms with E-state index < -0.39 is 11.4 Å². The zero-order valence-corrected chi connectivity index (χ0v) is 11.9. The predicted molar refractivity (Wildman–Crippen MR) is 72.7 cm³/mol. The summed E-state index contributed by atoms with van der Waals surface area (Å²) in [5, 5.41) is 9.44. The molecule has 0 aromatic heterocycles. The second kappa shape index (κ2) is 5.93. The Morgan fingerprint density at radius 1 is 1.21 bits per heavy atom. The van der Waals surface area contributed by atoms with Gasteiger partial charge in [0.15, 0.2) is 0 Å². The molecule has 19 heavy (non-hydrogen) atoms. The third-order valence-corrected chi connectivity index (χ3v) is 4.94. The summed E-state index contributed by atoms with van der Waals surface area (Å²) in [4.78, 5) is 25.7. The highest BCUT2D eigenvalue weighted by molar-refractivity contribution is 5.85. The normalized spacial score (nSPS) is 21.9. The third kappa shape index (κ3) is 3.10. The maximum atomic E-state index is 12.4. The maximum Gasteiger partial charge on any atom is 0.310 e. The van der Waals surface area contributed by atoms with Crippen molar-refractivity contribution < 1.29 is 14.7 Å². The summed E-state index contributed by atoms with van der Waals surface area (Å²) in [6, 6.07) is 0. The lowest BCUT2D eigenvalue weighted by Gasteiger charge is -2.33. The Morgan fingerprint density at radius 2 is 1.84 bits per heavy atom. The van der Waals surface area contributed by atoms with E-state index in [1.54, 1.807) is 0 Å². The summed E-state index contributed by atoms with van der Waals surface area (Å²) in [7, 11) is 0. The molecule has 2 aliphatic carbocycles. The minimum Gasteiger partial charge on any atom is -0.481 e. The molecular weight excluding hydrogens is 242 g/mol. The molecule has 0 heterocycles. The van der Waals surface area contributed by atoms with Gasteiger partial charge in [-0.1, -0.05) is 19.3 Å². The molecule has 1 amide bonds. The van der Waals surface area contributed by atoms with Crippen LogP contribution in [-0.4, -0.2) is 35.0 Å². The van der Waals surface area contributed by atoms with Gasteiger partial charge in [0.1, 0.15) is 0 Å². The molecule has 108 valence electrons. The van der Waals surface area contributed by atoms with Gasteiger partial charge in [0.05, 0.1) is 5.41 Å². The van der Waals surface area contributed by atoms with Crippen LogP contribution in [0.1, 0.15) is 58.3 Å². The van der Waals surface area contributed by atoms with Crippen molar-refractivity contribution in [3.8, 4) is 0 Å². The summed E-state index contributed by atoms with van der Waals surface area (Å²) in [5.41, 5.74) is -0.774. The first-order valence-electron chi connectivity index (χ1n) is 7.58. The van der Waals surface area contributed by atoms with E-state index in [2.05, 4.69) is 0 Å². The molecule has 2 saturated carbocycles. The Bertz CT molecular complexity index is 343. The van der Waals surface area contributed by atoms with Gasteiger partial charge >= 0.3 is 5.97 Å². The molecule has 0 spiro atoms. The molecule has 0 unspecified atom stereocenters. The van der Waals surface area contributed by atoms with E-state index in [-0.39, 0.29) is 12.3 Å². The zero-order valence-electron chi connectivity index (χ0n) is 11.9. The molecule has 0 bridgehead atoms. The van der Waals surface area contributed by atoms with Crippen LogP contribution in [0.3, 0.4) is 0 Å². The fraction of sp³-hybridized carbons (Fsp3) is 0.867. The van der Waals surface area contributed by atoms with Crippen LogP contribution >= 0.6 is 0 Å². The van der Waals surface area contributed by atoms with E-state index in [1.165, 1.54) is 19.3 Å². The van der Waals surface area contributed by atoms with Crippen molar-refractivity contribution >= 4 is 11.9 Å². The number of carbonyl (C=O) groups is 2. The maximum absolute atomic E-state index is 12.4. The van der Waals surface area contributed by atoms with Gasteiger partial charge < -0.3 is 10.0 Å². The van der Waals surface area contributed by atoms with Crippen LogP contribution in [0.4, 0.5) is 0 Å². The number of carboxylic acid groups (broad SMARTS) is 1. The van der Waals surface area contributed by atoms with E-state index in [9.17, 15) is 14.7 Å². The van der Waals surface area contributed by atoms with E-state index >= 15 is 0 Å². The summed E-state index contributed by atoms with van der Waals surface area (Å²) in [6.45, 7) is 3.51. The van der Waals surface area contributed by atoms with Gasteiger partial charge in [0.2, 0.25) is 5.91 Å². The Kier molecular flexibility index (Phi) is 4.48. The lowest BCUT2D eigenvalue weighted by atomic mass is 9.81. The van der Waals surface area contributed by atoms with Crippen molar-refractivity contribution in [2.75, 3.05) is 13.1 Å². The lowest BCUT2D eigenvalue weighted by molar-refractivity contribution is -0.153. The molecular formula is C15H25NO3. The summed E-state index contributed by atoms with van der Waals surface area (Å²) < 4.78 is 0. The average Bonchev–Trinajstić information content (AvgIpc) is 2.77. The fourth-order valence-electron chi connectivity index (χ4n) is 3.31. The van der Waals surface area contributed by atoms with Gasteiger partial charge in [-0.05, 0) is 38.5 Å². The highest BCUT2D eigenvalue weighted by Crippen LogP contribution is 2.42. The number of hydrogen-bond acceptors (Lipinski definition) is 2. The van der Waals surface area contributed by atoms with Crippen LogP contribution < -0.4 is 0 Å². The third-order valence-electron chi connectivity index (χ3n) is 4.94. The molecule has 0 radical (unpaired) electrons. The quantitative estimate of drug-likeness (QED) is 0.805. The van der Waals surface area contributed by atoms with Crippen LogP contribution in [0.5, 0.6) is 0 Å². The van der Waals surface area contributed by atoms with Crippen LogP contribution in [0.25, 0.3) is 0 Å². The molecule has 0 aromatic rings. The number of carbonyl (C=O) groups excluding carboxylic acids is 1. The lowest BCUT2D eigenvalue weighted by Crippen LogP contribution is -2.41. The second-order valence-electron chi connectivity index (χ2n) is 6.20. The Balaban J connectivity index is 1.94. The molecule has 2 rings (SSSR count). The molecule has 4 heteroatoms. The Morgan fingerprint density at radius 3 is 2.26 bits per heavy atom. The van der Waals surface area contributed by atoms with Gasteiger partial charge in [-0.2, -0.15) is 0 Å². The van der Waals surface area contributed by atoms with E-state index in [4.69, 9.17) is 0 Å².